The summed E-state index contributed by atoms with van der Waals surface area (Å²) in [6.07, 6.45) is 2.01. The monoisotopic (exact) mass is 377 g/mol. The Morgan fingerprint density at radius 2 is 1.38 bits per heavy atom. The lowest BCUT2D eigenvalue weighted by atomic mass is 9.98. The lowest BCUT2D eigenvalue weighted by Gasteiger charge is -2.16. The minimum atomic E-state index is -3.53. The average molecular weight is 377 g/mol. The van der Waals surface area contributed by atoms with Gasteiger partial charge in [0.15, 0.2) is 0 Å². The number of hydrogen-bond acceptors (Lipinski definition) is 7. The van der Waals surface area contributed by atoms with Crippen molar-refractivity contribution in [1.29, 1.82) is 0 Å². The van der Waals surface area contributed by atoms with Crippen LogP contribution in [0.2, 0.25) is 0 Å². The molecule has 136 valence electrons. The van der Waals surface area contributed by atoms with Crippen molar-refractivity contribution >= 4 is 20.2 Å². The standard InChI is InChI=1S/C15H23NO6S2/c1-23(17,18)21-11-14-9-16(8-13-6-4-3-5-7-13)10-15(14)12-22-24(2,19)20/h3-7,14-15H,8-12H2,1-2H3/t14-,15+. The Bertz CT molecular complexity index is 688. The second kappa shape index (κ2) is 7.92. The molecular weight excluding hydrogens is 354 g/mol. The van der Waals surface area contributed by atoms with Crippen molar-refractivity contribution in [3.05, 3.63) is 35.9 Å². The van der Waals surface area contributed by atoms with Crippen molar-refractivity contribution in [1.82, 2.24) is 4.90 Å². The summed E-state index contributed by atoms with van der Waals surface area (Å²) in [5.74, 6) is -0.213. The van der Waals surface area contributed by atoms with Crippen molar-refractivity contribution in [2.45, 2.75) is 6.54 Å². The van der Waals surface area contributed by atoms with E-state index >= 15 is 0 Å². The van der Waals surface area contributed by atoms with Crippen molar-refractivity contribution in [2.24, 2.45) is 11.8 Å². The Labute approximate surface area is 143 Å². The van der Waals surface area contributed by atoms with Crippen molar-refractivity contribution < 1.29 is 25.2 Å². The highest BCUT2D eigenvalue weighted by molar-refractivity contribution is 7.86. The van der Waals surface area contributed by atoms with Crippen molar-refractivity contribution in [2.75, 3.05) is 38.8 Å². The van der Waals surface area contributed by atoms with Crippen LogP contribution in [0, 0.1) is 11.8 Å². The molecule has 1 aliphatic heterocycles. The summed E-state index contributed by atoms with van der Waals surface area (Å²) in [6.45, 7) is 2.03. The molecule has 1 aromatic rings. The van der Waals surface area contributed by atoms with Crippen LogP contribution in [0.15, 0.2) is 30.3 Å². The van der Waals surface area contributed by atoms with Crippen molar-refractivity contribution in [3.8, 4) is 0 Å². The molecule has 1 saturated heterocycles. The molecule has 9 heteroatoms. The molecule has 24 heavy (non-hydrogen) atoms. The van der Waals surface area contributed by atoms with Gasteiger partial charge < -0.3 is 0 Å². The van der Waals surface area contributed by atoms with E-state index in [9.17, 15) is 16.8 Å². The van der Waals surface area contributed by atoms with E-state index in [0.717, 1.165) is 18.1 Å². The quantitative estimate of drug-likeness (QED) is 0.616. The first-order chi connectivity index (χ1) is 11.1. The molecule has 0 N–H and O–H groups in total. The van der Waals surface area contributed by atoms with Gasteiger partial charge in [-0.2, -0.15) is 16.8 Å². The molecule has 1 aliphatic rings. The minimum absolute atomic E-state index is 0.0297. The van der Waals surface area contributed by atoms with E-state index in [-0.39, 0.29) is 25.0 Å². The van der Waals surface area contributed by atoms with E-state index < -0.39 is 20.2 Å². The number of benzene rings is 1. The van der Waals surface area contributed by atoms with Crippen LogP contribution in [0.5, 0.6) is 0 Å². The highest BCUT2D eigenvalue weighted by atomic mass is 32.2. The van der Waals surface area contributed by atoms with Gasteiger partial charge in [-0.05, 0) is 5.56 Å². The fraction of sp³-hybridized carbons (Fsp3) is 0.600. The van der Waals surface area contributed by atoms with Crippen LogP contribution >= 0.6 is 0 Å². The van der Waals surface area contributed by atoms with Crippen LogP contribution < -0.4 is 0 Å². The lowest BCUT2D eigenvalue weighted by molar-refractivity contribution is 0.182. The predicted molar refractivity (Wildman–Crippen MR) is 90.3 cm³/mol. The van der Waals surface area contributed by atoms with Gasteiger partial charge in [0.05, 0.1) is 25.7 Å². The first-order valence-corrected chi connectivity index (χ1v) is 11.2. The van der Waals surface area contributed by atoms with Crippen molar-refractivity contribution in [3.63, 3.8) is 0 Å². The Hall–Kier alpha value is -1.00. The van der Waals surface area contributed by atoms with Gasteiger partial charge in [0.2, 0.25) is 0 Å². The number of rotatable bonds is 8. The summed E-state index contributed by atoms with van der Waals surface area (Å²) in [6, 6.07) is 9.89. The Morgan fingerprint density at radius 1 is 0.917 bits per heavy atom. The van der Waals surface area contributed by atoms with E-state index in [1.807, 2.05) is 30.3 Å². The normalized spacial score (nSPS) is 22.8. The lowest BCUT2D eigenvalue weighted by Crippen LogP contribution is -2.25. The van der Waals surface area contributed by atoms with E-state index in [1.54, 1.807) is 0 Å². The molecule has 0 aromatic heterocycles. The first-order valence-electron chi connectivity index (χ1n) is 7.57. The second-order valence-electron chi connectivity index (χ2n) is 6.18. The number of nitrogens with zero attached hydrogens (tertiary/aromatic N) is 1. The third-order valence-corrected chi connectivity index (χ3v) is 5.02. The largest absolute Gasteiger partial charge is 0.298 e. The topological polar surface area (TPSA) is 90.0 Å². The Kier molecular flexibility index (Phi) is 6.38. The minimum Gasteiger partial charge on any atom is -0.298 e. The summed E-state index contributed by atoms with van der Waals surface area (Å²) >= 11 is 0. The van der Waals surface area contributed by atoms with Gasteiger partial charge in [-0.3, -0.25) is 13.3 Å². The molecule has 0 radical (unpaired) electrons. The third kappa shape index (κ3) is 6.86. The molecular formula is C15H23NO6S2. The van der Waals surface area contributed by atoms with E-state index in [0.29, 0.717) is 19.6 Å². The fourth-order valence-corrected chi connectivity index (χ4v) is 3.65. The van der Waals surface area contributed by atoms with Gasteiger partial charge in [-0.15, -0.1) is 0 Å². The zero-order valence-electron chi connectivity index (χ0n) is 13.8. The van der Waals surface area contributed by atoms with Gasteiger partial charge in [0.1, 0.15) is 0 Å². The van der Waals surface area contributed by atoms with Crippen LogP contribution in [0.4, 0.5) is 0 Å². The maximum atomic E-state index is 11.2. The van der Waals surface area contributed by atoms with Crippen LogP contribution in [0.3, 0.4) is 0 Å². The Balaban J connectivity index is 2.00. The molecule has 0 bridgehead atoms. The predicted octanol–water partition coefficient (Wildman–Crippen LogP) is 0.687. The van der Waals surface area contributed by atoms with E-state index in [1.165, 1.54) is 0 Å². The first kappa shape index (κ1) is 19.3. The van der Waals surface area contributed by atoms with Crippen LogP contribution in [0.1, 0.15) is 5.56 Å². The molecule has 0 amide bonds. The second-order valence-corrected chi connectivity index (χ2v) is 9.47. The van der Waals surface area contributed by atoms with E-state index in [2.05, 4.69) is 4.90 Å². The summed E-state index contributed by atoms with van der Waals surface area (Å²) < 4.78 is 54.7. The smallest absolute Gasteiger partial charge is 0.264 e. The summed E-state index contributed by atoms with van der Waals surface area (Å²) in [4.78, 5) is 2.15. The number of likely N-dealkylation sites (tertiary alicyclic amines) is 1. The highest BCUT2D eigenvalue weighted by Gasteiger charge is 2.34. The van der Waals surface area contributed by atoms with Crippen LogP contribution in [-0.2, 0) is 35.1 Å². The molecule has 2 rings (SSSR count). The van der Waals surface area contributed by atoms with Gasteiger partial charge in [0.25, 0.3) is 20.2 Å². The van der Waals surface area contributed by atoms with Gasteiger partial charge >= 0.3 is 0 Å². The summed E-state index contributed by atoms with van der Waals surface area (Å²) in [7, 11) is -7.06. The van der Waals surface area contributed by atoms with E-state index in [4.69, 9.17) is 8.37 Å². The summed E-state index contributed by atoms with van der Waals surface area (Å²) in [5, 5.41) is 0. The number of hydrogen-bond donors (Lipinski definition) is 0. The van der Waals surface area contributed by atoms with Gasteiger partial charge in [-0.1, -0.05) is 30.3 Å². The molecule has 0 unspecified atom stereocenters. The SMILES string of the molecule is CS(=O)(=O)OC[C@@H]1CN(Cc2ccccc2)C[C@@H]1COS(C)(=O)=O. The van der Waals surface area contributed by atoms with Crippen LogP contribution in [-0.4, -0.2) is 60.6 Å². The van der Waals surface area contributed by atoms with Gasteiger partial charge in [0, 0.05) is 31.5 Å². The third-order valence-electron chi connectivity index (χ3n) is 3.89. The average Bonchev–Trinajstić information content (AvgIpc) is 2.85. The molecule has 0 aliphatic carbocycles. The Morgan fingerprint density at radius 3 is 1.79 bits per heavy atom. The molecule has 7 nitrogen and oxygen atoms in total. The highest BCUT2D eigenvalue weighted by Crippen LogP contribution is 2.26. The molecule has 1 aromatic carbocycles. The fourth-order valence-electron chi connectivity index (χ4n) is 2.81. The van der Waals surface area contributed by atoms with Crippen LogP contribution in [0.25, 0.3) is 0 Å². The molecule has 2 atom stereocenters. The maximum absolute atomic E-state index is 11.2. The molecule has 1 heterocycles. The zero-order valence-corrected chi connectivity index (χ0v) is 15.4. The molecule has 1 fully saturated rings. The van der Waals surface area contributed by atoms with Gasteiger partial charge in [-0.25, -0.2) is 0 Å². The molecule has 0 spiro atoms. The zero-order chi connectivity index (χ0) is 17.8. The maximum Gasteiger partial charge on any atom is 0.264 e. The molecule has 0 saturated carbocycles. The summed E-state index contributed by atoms with van der Waals surface area (Å²) in [5.41, 5.74) is 1.14.